The highest BCUT2D eigenvalue weighted by Gasteiger charge is 2.16. The van der Waals surface area contributed by atoms with Crippen molar-refractivity contribution in [2.75, 3.05) is 11.9 Å². The molecule has 3 rings (SSSR count). The van der Waals surface area contributed by atoms with E-state index in [1.807, 2.05) is 30.3 Å². The van der Waals surface area contributed by atoms with Crippen LogP contribution in [0, 0.1) is 6.92 Å². The van der Waals surface area contributed by atoms with Gasteiger partial charge in [0.1, 0.15) is 12.4 Å². The highest BCUT2D eigenvalue weighted by Crippen LogP contribution is 2.18. The number of benzene rings is 2. The number of ether oxygens (including phenoxy) is 1. The minimum absolute atomic E-state index is 0.228. The number of anilines is 1. The quantitative estimate of drug-likeness (QED) is 0.652. The van der Waals surface area contributed by atoms with Crippen LogP contribution in [0.1, 0.15) is 23.0 Å². The summed E-state index contributed by atoms with van der Waals surface area (Å²) in [6, 6.07) is 17.1. The van der Waals surface area contributed by atoms with E-state index in [9.17, 15) is 14.4 Å². The maximum Gasteiger partial charge on any atom is 0.340 e. The van der Waals surface area contributed by atoms with Gasteiger partial charge < -0.3 is 10.1 Å². The molecule has 0 aliphatic rings. The zero-order chi connectivity index (χ0) is 20.8. The maximum absolute atomic E-state index is 12.7. The highest BCUT2D eigenvalue weighted by atomic mass is 16.5. The van der Waals surface area contributed by atoms with Crippen molar-refractivity contribution in [2.45, 2.75) is 20.4 Å². The summed E-state index contributed by atoms with van der Waals surface area (Å²) in [5.74, 6) is -0.571. The van der Waals surface area contributed by atoms with E-state index in [0.717, 1.165) is 5.56 Å². The Morgan fingerprint density at radius 2 is 1.76 bits per heavy atom. The molecule has 7 nitrogen and oxygen atoms in total. The van der Waals surface area contributed by atoms with E-state index in [1.54, 1.807) is 38.1 Å². The van der Waals surface area contributed by atoms with Crippen LogP contribution >= 0.6 is 0 Å². The Balaban J connectivity index is 1.90. The van der Waals surface area contributed by atoms with Gasteiger partial charge in [-0.2, -0.15) is 0 Å². The van der Waals surface area contributed by atoms with Gasteiger partial charge >= 0.3 is 5.97 Å². The topological polar surface area (TPSA) is 90.3 Å². The normalized spacial score (nSPS) is 10.4. The largest absolute Gasteiger partial charge is 0.462 e. The number of amides is 1. The molecule has 1 N–H and O–H groups in total. The Morgan fingerprint density at radius 3 is 2.48 bits per heavy atom. The van der Waals surface area contributed by atoms with E-state index in [2.05, 4.69) is 10.3 Å². The minimum atomic E-state index is -0.525. The van der Waals surface area contributed by atoms with Gasteiger partial charge in [-0.15, -0.1) is 0 Å². The van der Waals surface area contributed by atoms with Crippen LogP contribution in [-0.4, -0.2) is 28.0 Å². The first-order valence-corrected chi connectivity index (χ1v) is 9.19. The van der Waals surface area contributed by atoms with E-state index in [-0.39, 0.29) is 24.3 Å². The molecule has 0 radical (unpaired) electrons. The molecule has 0 spiro atoms. The lowest BCUT2D eigenvalue weighted by molar-refractivity contribution is -0.116. The highest BCUT2D eigenvalue weighted by molar-refractivity contribution is 6.01. The number of carbonyl (C=O) groups is 2. The molecule has 3 aromatic rings. The van der Waals surface area contributed by atoms with Crippen molar-refractivity contribution in [3.63, 3.8) is 0 Å². The number of esters is 1. The van der Waals surface area contributed by atoms with Crippen molar-refractivity contribution in [1.29, 1.82) is 0 Å². The number of aromatic nitrogens is 2. The molecular formula is C22H21N3O4. The summed E-state index contributed by atoms with van der Waals surface area (Å²) >= 11 is 0. The van der Waals surface area contributed by atoms with Crippen LogP contribution in [0.25, 0.3) is 11.4 Å². The van der Waals surface area contributed by atoms with Crippen molar-refractivity contribution in [1.82, 2.24) is 9.55 Å². The molecule has 7 heteroatoms. The van der Waals surface area contributed by atoms with Crippen molar-refractivity contribution in [2.24, 2.45) is 0 Å². The summed E-state index contributed by atoms with van der Waals surface area (Å²) in [4.78, 5) is 41.8. The summed E-state index contributed by atoms with van der Waals surface area (Å²) in [6.07, 6.45) is 0. The predicted molar refractivity (Wildman–Crippen MR) is 110 cm³/mol. The monoisotopic (exact) mass is 391 g/mol. The second kappa shape index (κ2) is 8.97. The first-order chi connectivity index (χ1) is 14.0. The molecule has 1 heterocycles. The number of hydrogen-bond acceptors (Lipinski definition) is 5. The van der Waals surface area contributed by atoms with Crippen LogP contribution < -0.4 is 10.9 Å². The van der Waals surface area contributed by atoms with Crippen LogP contribution in [-0.2, 0) is 16.1 Å². The fourth-order valence-corrected chi connectivity index (χ4v) is 2.89. The van der Waals surface area contributed by atoms with Crippen LogP contribution in [0.4, 0.5) is 5.69 Å². The van der Waals surface area contributed by atoms with Crippen LogP contribution in [0.2, 0.25) is 0 Å². The molecule has 0 atom stereocenters. The van der Waals surface area contributed by atoms with Gasteiger partial charge in [-0.25, -0.2) is 9.78 Å². The third kappa shape index (κ3) is 4.76. The Bertz CT molecular complexity index is 1090. The Morgan fingerprint density at radius 1 is 1.07 bits per heavy atom. The molecule has 2 aromatic carbocycles. The van der Waals surface area contributed by atoms with Gasteiger partial charge in [0.05, 0.1) is 17.9 Å². The molecular weight excluding hydrogens is 370 g/mol. The SMILES string of the molecule is CCOC(=O)c1ccccc1NC(=O)Cn1c(-c2ccccc2)nc(C)cc1=O. The van der Waals surface area contributed by atoms with Gasteiger partial charge in [0.15, 0.2) is 0 Å². The van der Waals surface area contributed by atoms with E-state index in [1.165, 1.54) is 10.6 Å². The van der Waals surface area contributed by atoms with Gasteiger partial charge in [-0.05, 0) is 26.0 Å². The Hall–Kier alpha value is -3.74. The molecule has 0 aliphatic carbocycles. The zero-order valence-electron chi connectivity index (χ0n) is 16.2. The number of rotatable bonds is 6. The minimum Gasteiger partial charge on any atom is -0.462 e. The van der Waals surface area contributed by atoms with Gasteiger partial charge in [0.2, 0.25) is 5.91 Å². The van der Waals surface area contributed by atoms with E-state index >= 15 is 0 Å². The average Bonchev–Trinajstić information content (AvgIpc) is 2.71. The lowest BCUT2D eigenvalue weighted by atomic mass is 10.1. The van der Waals surface area contributed by atoms with Crippen LogP contribution in [0.5, 0.6) is 0 Å². The summed E-state index contributed by atoms with van der Waals surface area (Å²) in [5.41, 5.74) is 1.54. The maximum atomic E-state index is 12.7. The Kier molecular flexibility index (Phi) is 6.19. The molecule has 0 saturated carbocycles. The summed E-state index contributed by atoms with van der Waals surface area (Å²) in [5, 5.41) is 2.69. The lowest BCUT2D eigenvalue weighted by Crippen LogP contribution is -2.30. The van der Waals surface area contributed by atoms with E-state index in [0.29, 0.717) is 17.2 Å². The van der Waals surface area contributed by atoms with Gasteiger partial charge in [-0.1, -0.05) is 42.5 Å². The Labute approximate surface area is 168 Å². The predicted octanol–water partition coefficient (Wildman–Crippen LogP) is 3.03. The first kappa shape index (κ1) is 20.0. The van der Waals surface area contributed by atoms with E-state index < -0.39 is 11.9 Å². The van der Waals surface area contributed by atoms with Crippen molar-refractivity contribution in [3.8, 4) is 11.4 Å². The molecule has 0 saturated heterocycles. The summed E-state index contributed by atoms with van der Waals surface area (Å²) < 4.78 is 6.33. The number of aryl methyl sites for hydroxylation is 1. The van der Waals surface area contributed by atoms with Gasteiger partial charge in [0, 0.05) is 17.3 Å². The molecule has 0 fully saturated rings. The van der Waals surface area contributed by atoms with Crippen molar-refractivity contribution in [3.05, 3.63) is 82.3 Å². The number of hydrogen-bond donors (Lipinski definition) is 1. The third-order valence-corrected chi connectivity index (χ3v) is 4.17. The first-order valence-electron chi connectivity index (χ1n) is 9.19. The third-order valence-electron chi connectivity index (χ3n) is 4.17. The van der Waals surface area contributed by atoms with Crippen molar-refractivity contribution >= 4 is 17.6 Å². The molecule has 0 unspecified atom stereocenters. The number of nitrogens with one attached hydrogen (secondary N) is 1. The number of carbonyl (C=O) groups excluding carboxylic acids is 2. The fraction of sp³-hybridized carbons (Fsp3) is 0.182. The molecule has 1 amide bonds. The molecule has 1 aromatic heterocycles. The smallest absolute Gasteiger partial charge is 0.340 e. The summed E-state index contributed by atoms with van der Waals surface area (Å²) in [7, 11) is 0. The second-order valence-electron chi connectivity index (χ2n) is 6.33. The molecule has 0 bridgehead atoms. The number of nitrogens with zero attached hydrogens (tertiary/aromatic N) is 2. The lowest BCUT2D eigenvalue weighted by Gasteiger charge is -2.14. The van der Waals surface area contributed by atoms with Gasteiger partial charge in [-0.3, -0.25) is 14.2 Å². The fourth-order valence-electron chi connectivity index (χ4n) is 2.89. The van der Waals surface area contributed by atoms with Gasteiger partial charge in [0.25, 0.3) is 5.56 Å². The number of para-hydroxylation sites is 1. The summed E-state index contributed by atoms with van der Waals surface area (Å²) in [6.45, 7) is 3.42. The van der Waals surface area contributed by atoms with E-state index in [4.69, 9.17) is 4.74 Å². The standard InChI is InChI=1S/C22H21N3O4/c1-3-29-22(28)17-11-7-8-12-18(17)24-19(26)14-25-20(27)13-15(2)23-21(25)16-9-5-4-6-10-16/h4-13H,3,14H2,1-2H3,(H,24,26). The van der Waals surface area contributed by atoms with Crippen LogP contribution in [0.15, 0.2) is 65.5 Å². The second-order valence-corrected chi connectivity index (χ2v) is 6.33. The molecule has 148 valence electrons. The average molecular weight is 391 g/mol. The van der Waals surface area contributed by atoms with Crippen LogP contribution in [0.3, 0.4) is 0 Å². The van der Waals surface area contributed by atoms with Crippen molar-refractivity contribution < 1.29 is 14.3 Å². The molecule has 0 aliphatic heterocycles. The molecule has 29 heavy (non-hydrogen) atoms. The zero-order valence-corrected chi connectivity index (χ0v) is 16.2.